The number of benzene rings is 2. The van der Waals surface area contributed by atoms with Crippen molar-refractivity contribution in [3.05, 3.63) is 77.1 Å². The summed E-state index contributed by atoms with van der Waals surface area (Å²) in [4.78, 5) is 12.1. The molecule has 4 rings (SSSR count). The van der Waals surface area contributed by atoms with E-state index in [0.717, 1.165) is 24.4 Å². The lowest BCUT2D eigenvalue weighted by Gasteiger charge is -2.12. The van der Waals surface area contributed by atoms with Gasteiger partial charge in [0.25, 0.3) is 0 Å². The lowest BCUT2D eigenvalue weighted by atomic mass is 10.2. The number of nitrogens with one attached hydrogen (secondary N) is 1. The van der Waals surface area contributed by atoms with E-state index in [-0.39, 0.29) is 22.9 Å². The fraction of sp³-hybridized carbons (Fsp3) is 0.0500. The summed E-state index contributed by atoms with van der Waals surface area (Å²) < 4.78 is 65.1. The van der Waals surface area contributed by atoms with Crippen molar-refractivity contribution in [1.82, 2.24) is 15.0 Å². The maximum Gasteiger partial charge on any atom is 0.433 e. The van der Waals surface area contributed by atoms with E-state index in [1.807, 2.05) is 0 Å². The molecule has 30 heavy (non-hydrogen) atoms. The van der Waals surface area contributed by atoms with Crippen LogP contribution in [0.1, 0.15) is 5.69 Å². The molecule has 2 aromatic heterocycles. The smallest absolute Gasteiger partial charge is 0.340 e. The Morgan fingerprint density at radius 2 is 1.67 bits per heavy atom. The molecule has 0 aliphatic rings. The van der Waals surface area contributed by atoms with Crippen molar-refractivity contribution in [3.8, 4) is 11.4 Å². The molecule has 0 saturated heterocycles. The van der Waals surface area contributed by atoms with Crippen molar-refractivity contribution >= 4 is 34.0 Å². The highest BCUT2D eigenvalue weighted by Crippen LogP contribution is 2.31. The lowest BCUT2D eigenvalue weighted by Crippen LogP contribution is -2.07. The summed E-state index contributed by atoms with van der Waals surface area (Å²) in [5, 5.41) is 3.79. The summed E-state index contributed by atoms with van der Waals surface area (Å²) in [5.41, 5.74) is -0.189. The van der Waals surface area contributed by atoms with E-state index in [1.165, 1.54) is 12.1 Å². The number of anilines is 2. The first-order chi connectivity index (χ1) is 14.2. The SMILES string of the molecule is Fc1ccc(Nc2nc(-c3ccc(C(F)(F)F)nc3)nc3cc(Cl)ccc23)cc1F. The molecule has 0 bridgehead atoms. The van der Waals surface area contributed by atoms with Crippen molar-refractivity contribution in [3.63, 3.8) is 0 Å². The van der Waals surface area contributed by atoms with E-state index in [1.54, 1.807) is 18.2 Å². The van der Waals surface area contributed by atoms with E-state index >= 15 is 0 Å². The van der Waals surface area contributed by atoms with Gasteiger partial charge in [-0.1, -0.05) is 11.6 Å². The molecule has 0 unspecified atom stereocenters. The number of nitrogens with zero attached hydrogens (tertiary/aromatic N) is 3. The zero-order chi connectivity index (χ0) is 21.5. The predicted octanol–water partition coefficient (Wildman–Crippen LogP) is 6.39. The van der Waals surface area contributed by atoms with E-state index in [0.29, 0.717) is 15.9 Å². The number of fused-ring (bicyclic) bond motifs is 1. The number of aromatic nitrogens is 3. The van der Waals surface area contributed by atoms with Crippen molar-refractivity contribution in [2.45, 2.75) is 6.18 Å². The van der Waals surface area contributed by atoms with Crippen LogP contribution in [-0.2, 0) is 6.18 Å². The van der Waals surface area contributed by atoms with Crippen LogP contribution in [0.2, 0.25) is 5.02 Å². The monoisotopic (exact) mass is 436 g/mol. The van der Waals surface area contributed by atoms with Gasteiger partial charge in [0.15, 0.2) is 17.5 Å². The molecule has 0 fully saturated rings. The third-order valence-electron chi connectivity index (χ3n) is 4.15. The van der Waals surface area contributed by atoms with Crippen LogP contribution < -0.4 is 5.32 Å². The maximum absolute atomic E-state index is 13.6. The summed E-state index contributed by atoms with van der Waals surface area (Å²) in [6.07, 6.45) is -3.56. The van der Waals surface area contributed by atoms with Crippen LogP contribution in [-0.4, -0.2) is 15.0 Å². The Balaban J connectivity index is 1.82. The first-order valence-electron chi connectivity index (χ1n) is 8.44. The van der Waals surface area contributed by atoms with E-state index in [4.69, 9.17) is 11.6 Å². The molecule has 2 aromatic carbocycles. The molecule has 2 heterocycles. The van der Waals surface area contributed by atoms with Gasteiger partial charge in [-0.2, -0.15) is 13.2 Å². The number of rotatable bonds is 3. The Bertz CT molecular complexity index is 1240. The molecule has 1 N–H and O–H groups in total. The van der Waals surface area contributed by atoms with Gasteiger partial charge in [-0.25, -0.2) is 18.7 Å². The van der Waals surface area contributed by atoms with Crippen LogP contribution in [0.4, 0.5) is 33.5 Å². The van der Waals surface area contributed by atoms with Crippen molar-refractivity contribution in [2.75, 3.05) is 5.32 Å². The fourth-order valence-electron chi connectivity index (χ4n) is 2.73. The van der Waals surface area contributed by atoms with Gasteiger partial charge in [0.1, 0.15) is 11.5 Å². The van der Waals surface area contributed by atoms with Gasteiger partial charge in [0, 0.05) is 33.9 Å². The second-order valence-electron chi connectivity index (χ2n) is 6.24. The Labute approximate surface area is 171 Å². The van der Waals surface area contributed by atoms with Crippen LogP contribution in [0.25, 0.3) is 22.3 Å². The molecule has 0 aliphatic carbocycles. The average molecular weight is 437 g/mol. The first-order valence-corrected chi connectivity index (χ1v) is 8.81. The average Bonchev–Trinajstić information content (AvgIpc) is 2.70. The van der Waals surface area contributed by atoms with Crippen molar-refractivity contribution in [1.29, 1.82) is 0 Å². The van der Waals surface area contributed by atoms with Crippen LogP contribution in [0.5, 0.6) is 0 Å². The fourth-order valence-corrected chi connectivity index (χ4v) is 2.90. The highest BCUT2D eigenvalue weighted by molar-refractivity contribution is 6.31. The second-order valence-corrected chi connectivity index (χ2v) is 6.68. The van der Waals surface area contributed by atoms with Gasteiger partial charge >= 0.3 is 6.18 Å². The van der Waals surface area contributed by atoms with Gasteiger partial charge in [-0.05, 0) is 42.5 Å². The van der Waals surface area contributed by atoms with Crippen LogP contribution >= 0.6 is 11.6 Å². The summed E-state index contributed by atoms with van der Waals surface area (Å²) in [6.45, 7) is 0. The number of alkyl halides is 3. The Kier molecular flexibility index (Phi) is 4.98. The molecule has 0 aliphatic heterocycles. The molecule has 0 atom stereocenters. The van der Waals surface area contributed by atoms with Crippen LogP contribution in [0.3, 0.4) is 0 Å². The van der Waals surface area contributed by atoms with Gasteiger partial charge in [0.05, 0.1) is 5.52 Å². The van der Waals surface area contributed by atoms with E-state index < -0.39 is 23.5 Å². The zero-order valence-electron chi connectivity index (χ0n) is 14.8. The highest BCUT2D eigenvalue weighted by atomic mass is 35.5. The number of hydrogen-bond acceptors (Lipinski definition) is 4. The molecule has 4 nitrogen and oxygen atoms in total. The zero-order valence-corrected chi connectivity index (χ0v) is 15.6. The molecule has 0 radical (unpaired) electrons. The van der Waals surface area contributed by atoms with Crippen LogP contribution in [0.15, 0.2) is 54.7 Å². The molecule has 0 saturated carbocycles. The highest BCUT2D eigenvalue weighted by Gasteiger charge is 2.32. The van der Waals surface area contributed by atoms with Gasteiger partial charge < -0.3 is 5.32 Å². The number of hydrogen-bond donors (Lipinski definition) is 1. The standard InChI is InChI=1S/C20H10ClF5N4/c21-11-2-4-13-16(7-11)29-18(10-1-6-17(27-9-10)20(24,25)26)30-19(13)28-12-3-5-14(22)15(23)8-12/h1-9H,(H,28,29,30). The molecular weight excluding hydrogens is 427 g/mol. The topological polar surface area (TPSA) is 50.7 Å². The van der Waals surface area contributed by atoms with E-state index in [9.17, 15) is 22.0 Å². The molecule has 10 heteroatoms. The third-order valence-corrected chi connectivity index (χ3v) is 4.39. The molecule has 0 amide bonds. The Morgan fingerprint density at radius 3 is 2.33 bits per heavy atom. The van der Waals surface area contributed by atoms with Gasteiger partial charge in [-0.3, -0.25) is 4.98 Å². The molecule has 0 spiro atoms. The minimum atomic E-state index is -4.57. The Morgan fingerprint density at radius 1 is 0.867 bits per heavy atom. The second kappa shape index (κ2) is 7.49. The molecule has 4 aromatic rings. The van der Waals surface area contributed by atoms with Crippen molar-refractivity contribution in [2.24, 2.45) is 0 Å². The minimum absolute atomic E-state index is 0.0797. The normalized spacial score (nSPS) is 11.7. The largest absolute Gasteiger partial charge is 0.433 e. The molecule has 152 valence electrons. The summed E-state index contributed by atoms with van der Waals surface area (Å²) >= 11 is 6.03. The van der Waals surface area contributed by atoms with Gasteiger partial charge in [0.2, 0.25) is 0 Å². The van der Waals surface area contributed by atoms with Crippen LogP contribution in [0, 0.1) is 11.6 Å². The van der Waals surface area contributed by atoms with E-state index in [2.05, 4.69) is 20.3 Å². The third kappa shape index (κ3) is 4.02. The summed E-state index contributed by atoms with van der Waals surface area (Å²) in [5.74, 6) is -1.74. The number of halogens is 6. The molecular formula is C20H10ClF5N4. The van der Waals surface area contributed by atoms with Gasteiger partial charge in [-0.15, -0.1) is 0 Å². The summed E-state index contributed by atoms with van der Waals surface area (Å²) in [6, 6.07) is 10.0. The maximum atomic E-state index is 13.6. The number of pyridine rings is 1. The summed E-state index contributed by atoms with van der Waals surface area (Å²) in [7, 11) is 0. The first kappa shape index (κ1) is 20.0. The quantitative estimate of drug-likeness (QED) is 0.378. The predicted molar refractivity (Wildman–Crippen MR) is 102 cm³/mol. The lowest BCUT2D eigenvalue weighted by molar-refractivity contribution is -0.141. The van der Waals surface area contributed by atoms with Crippen molar-refractivity contribution < 1.29 is 22.0 Å². The Hall–Kier alpha value is -3.33. The minimum Gasteiger partial charge on any atom is -0.340 e.